The Balaban J connectivity index is 0.686. The third kappa shape index (κ3) is 8.98. The predicted molar refractivity (Wildman–Crippen MR) is 318 cm³/mol. The molecule has 2 heteroatoms. The van der Waals surface area contributed by atoms with Crippen LogP contribution in [0.1, 0.15) is 11.1 Å². The Morgan fingerprint density at radius 1 is 0.176 bits per heavy atom. The fourth-order valence-corrected chi connectivity index (χ4v) is 10.4. The van der Waals surface area contributed by atoms with Gasteiger partial charge in [0, 0.05) is 34.1 Å². The molecular weight excluding hydrogens is 893 g/mol. The average molecular weight is 943 g/mol. The van der Waals surface area contributed by atoms with Gasteiger partial charge in [0.1, 0.15) is 0 Å². The van der Waals surface area contributed by atoms with E-state index in [1.54, 1.807) is 0 Å². The Hall–Kier alpha value is -9.76. The topological polar surface area (TPSA) is 6.48 Å². The summed E-state index contributed by atoms with van der Waals surface area (Å²) in [4.78, 5) is 4.71. The van der Waals surface area contributed by atoms with Gasteiger partial charge in [0.05, 0.1) is 0 Å². The van der Waals surface area contributed by atoms with Crippen LogP contribution in [0.25, 0.3) is 88.6 Å². The lowest BCUT2D eigenvalue weighted by molar-refractivity contribution is 1.29. The number of anilines is 6. The molecule has 0 atom stereocenters. The van der Waals surface area contributed by atoms with Crippen molar-refractivity contribution in [1.82, 2.24) is 0 Å². The van der Waals surface area contributed by atoms with E-state index in [-0.39, 0.29) is 0 Å². The van der Waals surface area contributed by atoms with Crippen LogP contribution in [0.3, 0.4) is 0 Å². The minimum Gasteiger partial charge on any atom is -0.310 e. The maximum atomic E-state index is 2.36. The lowest BCUT2D eigenvalue weighted by Crippen LogP contribution is -2.09. The fourth-order valence-electron chi connectivity index (χ4n) is 10.4. The van der Waals surface area contributed by atoms with Gasteiger partial charge in [-0.25, -0.2) is 0 Å². The largest absolute Gasteiger partial charge is 0.310 e. The standard InChI is InChI=1S/C72H50N2/c1-5-13-63-47-69(43-35-53(63)9-1)73(70-44-36-54-10-2-6-14-64(54)48-70)67-39-31-61(32-40-67)58-25-21-52(22-26-58)18-17-51-19-23-57(24-20-51)59-27-29-60(30-28-59)62-33-41-68(42-34-62)74(71-45-37-55-11-3-7-15-65(55)49-71)72-46-38-56-12-4-8-16-66(56)50-72/h1-50H. The third-order valence-electron chi connectivity index (χ3n) is 14.4. The second kappa shape index (κ2) is 19.4. The van der Waals surface area contributed by atoms with Gasteiger partial charge in [-0.1, -0.05) is 231 Å². The van der Waals surface area contributed by atoms with Crippen LogP contribution in [0.4, 0.5) is 34.1 Å². The molecule has 0 aliphatic rings. The van der Waals surface area contributed by atoms with E-state index < -0.39 is 0 Å². The van der Waals surface area contributed by atoms with Crippen LogP contribution >= 0.6 is 0 Å². The molecule has 0 amide bonds. The first-order valence-electron chi connectivity index (χ1n) is 25.4. The first-order valence-corrected chi connectivity index (χ1v) is 25.4. The minimum absolute atomic E-state index is 1.11. The first kappa shape index (κ1) is 44.2. The number of fused-ring (bicyclic) bond motifs is 4. The Kier molecular flexibility index (Phi) is 11.6. The third-order valence-corrected chi connectivity index (χ3v) is 14.4. The summed E-state index contributed by atoms with van der Waals surface area (Å²) < 4.78 is 0. The normalized spacial score (nSPS) is 11.5. The molecule has 348 valence electrons. The van der Waals surface area contributed by atoms with Gasteiger partial charge in [0.15, 0.2) is 0 Å². The lowest BCUT2D eigenvalue weighted by atomic mass is 9.99. The van der Waals surface area contributed by atoms with Gasteiger partial charge in [-0.15, -0.1) is 0 Å². The number of nitrogens with zero attached hydrogens (tertiary/aromatic N) is 2. The van der Waals surface area contributed by atoms with Gasteiger partial charge in [-0.05, 0) is 160 Å². The Bertz CT molecular complexity index is 4000. The van der Waals surface area contributed by atoms with Crippen molar-refractivity contribution in [3.05, 3.63) is 302 Å². The molecule has 13 aromatic carbocycles. The molecule has 0 aliphatic heterocycles. The highest BCUT2D eigenvalue weighted by Crippen LogP contribution is 2.41. The lowest BCUT2D eigenvalue weighted by Gasteiger charge is -2.26. The molecule has 0 radical (unpaired) electrons. The monoisotopic (exact) mass is 942 g/mol. The summed E-state index contributed by atoms with van der Waals surface area (Å²) >= 11 is 0. The molecular formula is C72H50N2. The van der Waals surface area contributed by atoms with Gasteiger partial charge in [0.25, 0.3) is 0 Å². The second-order valence-corrected chi connectivity index (χ2v) is 19.0. The van der Waals surface area contributed by atoms with Crippen LogP contribution in [0.2, 0.25) is 0 Å². The van der Waals surface area contributed by atoms with Crippen molar-refractivity contribution in [2.75, 3.05) is 9.80 Å². The van der Waals surface area contributed by atoms with E-state index in [0.717, 1.165) is 45.3 Å². The molecule has 0 bridgehead atoms. The van der Waals surface area contributed by atoms with Gasteiger partial charge in [0.2, 0.25) is 0 Å². The van der Waals surface area contributed by atoms with E-state index >= 15 is 0 Å². The molecule has 0 spiro atoms. The molecule has 2 nitrogen and oxygen atoms in total. The smallest absolute Gasteiger partial charge is 0.0468 e. The summed E-state index contributed by atoms with van der Waals surface area (Å²) in [5, 5.41) is 9.82. The van der Waals surface area contributed by atoms with Gasteiger partial charge in [-0.2, -0.15) is 0 Å². The maximum absolute atomic E-state index is 2.36. The van der Waals surface area contributed by atoms with Gasteiger partial charge < -0.3 is 9.80 Å². The maximum Gasteiger partial charge on any atom is 0.0468 e. The Morgan fingerprint density at radius 2 is 0.378 bits per heavy atom. The van der Waals surface area contributed by atoms with E-state index in [2.05, 4.69) is 313 Å². The minimum atomic E-state index is 1.11. The average Bonchev–Trinajstić information content (AvgIpc) is 3.47. The quantitative estimate of drug-likeness (QED) is 0.119. The molecule has 0 aliphatic carbocycles. The highest BCUT2D eigenvalue weighted by molar-refractivity contribution is 5.95. The van der Waals surface area contributed by atoms with Crippen molar-refractivity contribution in [3.63, 3.8) is 0 Å². The summed E-state index contributed by atoms with van der Waals surface area (Å²) in [5.41, 5.74) is 16.2. The molecule has 13 aromatic rings. The first-order chi connectivity index (χ1) is 36.6. The summed E-state index contributed by atoms with van der Waals surface area (Å²) in [6.45, 7) is 0. The van der Waals surface area contributed by atoms with Crippen LogP contribution < -0.4 is 9.80 Å². The predicted octanol–water partition coefficient (Wildman–Crippen LogP) is 20.4. The zero-order chi connectivity index (χ0) is 49.2. The van der Waals surface area contributed by atoms with Crippen molar-refractivity contribution in [2.45, 2.75) is 0 Å². The molecule has 0 saturated carbocycles. The van der Waals surface area contributed by atoms with Crippen LogP contribution in [0.15, 0.2) is 291 Å². The number of hydrogen-bond donors (Lipinski definition) is 0. The molecule has 0 N–H and O–H groups in total. The molecule has 74 heavy (non-hydrogen) atoms. The van der Waals surface area contributed by atoms with E-state index in [9.17, 15) is 0 Å². The van der Waals surface area contributed by atoms with Crippen molar-refractivity contribution in [2.24, 2.45) is 0 Å². The van der Waals surface area contributed by atoms with Gasteiger partial charge >= 0.3 is 0 Å². The second-order valence-electron chi connectivity index (χ2n) is 19.0. The molecule has 0 aromatic heterocycles. The summed E-state index contributed by atoms with van der Waals surface area (Å²) in [5.74, 6) is 0. The fraction of sp³-hybridized carbons (Fsp3) is 0. The highest BCUT2D eigenvalue weighted by atomic mass is 15.1. The van der Waals surface area contributed by atoms with Crippen LogP contribution in [-0.4, -0.2) is 0 Å². The Labute approximate surface area is 432 Å². The summed E-state index contributed by atoms with van der Waals surface area (Å²) in [6.07, 6.45) is 4.38. The SMILES string of the molecule is C(=Cc1ccc(-c2ccc(N(c3ccc4ccccc4c3)c3ccc4ccccc4c3)cc2)cc1)c1ccc(-c2ccc(-c3ccc(N(c4ccc5ccccc5c4)c4ccc5ccccc5c4)cc3)cc2)cc1. The van der Waals surface area contributed by atoms with Crippen molar-refractivity contribution < 1.29 is 0 Å². The van der Waals surface area contributed by atoms with Crippen molar-refractivity contribution in [3.8, 4) is 33.4 Å². The van der Waals surface area contributed by atoms with E-state index in [0.29, 0.717) is 0 Å². The van der Waals surface area contributed by atoms with Crippen LogP contribution in [0.5, 0.6) is 0 Å². The Morgan fingerprint density at radius 3 is 0.635 bits per heavy atom. The van der Waals surface area contributed by atoms with Crippen molar-refractivity contribution in [1.29, 1.82) is 0 Å². The van der Waals surface area contributed by atoms with Gasteiger partial charge in [-0.3, -0.25) is 0 Å². The zero-order valence-electron chi connectivity index (χ0n) is 40.8. The van der Waals surface area contributed by atoms with Crippen molar-refractivity contribution >= 4 is 89.4 Å². The number of benzene rings is 13. The molecule has 0 heterocycles. The molecule has 0 fully saturated rings. The summed E-state index contributed by atoms with van der Waals surface area (Å²) in [6, 6.07) is 106. The van der Waals surface area contributed by atoms with E-state index in [1.807, 2.05) is 0 Å². The zero-order valence-corrected chi connectivity index (χ0v) is 40.8. The summed E-state index contributed by atoms with van der Waals surface area (Å²) in [7, 11) is 0. The number of rotatable bonds is 11. The molecule has 13 rings (SSSR count). The molecule has 0 unspecified atom stereocenters. The van der Waals surface area contributed by atoms with E-state index in [1.165, 1.54) is 76.5 Å². The van der Waals surface area contributed by atoms with E-state index in [4.69, 9.17) is 0 Å². The number of hydrogen-bond acceptors (Lipinski definition) is 2. The van der Waals surface area contributed by atoms with Crippen LogP contribution in [-0.2, 0) is 0 Å². The van der Waals surface area contributed by atoms with Crippen LogP contribution in [0, 0.1) is 0 Å². The molecule has 0 saturated heterocycles. The highest BCUT2D eigenvalue weighted by Gasteiger charge is 2.16.